The van der Waals surface area contributed by atoms with Crippen molar-refractivity contribution >= 4 is 0 Å². The fourth-order valence-corrected chi connectivity index (χ4v) is 4.39. The van der Waals surface area contributed by atoms with Crippen LogP contribution in [0.5, 0.6) is 11.5 Å². The number of hydrogen-bond donors (Lipinski definition) is 0. The summed E-state index contributed by atoms with van der Waals surface area (Å²) in [4.78, 5) is 0. The number of benzene rings is 5. The summed E-state index contributed by atoms with van der Waals surface area (Å²) >= 11 is 0. The quantitative estimate of drug-likeness (QED) is 0.219. The van der Waals surface area contributed by atoms with Crippen molar-refractivity contribution < 1.29 is 4.74 Å². The summed E-state index contributed by atoms with van der Waals surface area (Å²) in [6, 6.07) is 34.5. The lowest BCUT2D eigenvalue weighted by atomic mass is 9.96. The van der Waals surface area contributed by atoms with Crippen molar-refractivity contribution in [3.8, 4) is 33.8 Å². The molecule has 0 spiro atoms. The van der Waals surface area contributed by atoms with Crippen LogP contribution in [-0.2, 0) is 0 Å². The predicted octanol–water partition coefficient (Wildman–Crippen LogP) is 12.0. The molecule has 0 amide bonds. The summed E-state index contributed by atoms with van der Waals surface area (Å²) in [5, 5.41) is 0. The average Bonchev–Trinajstić information content (AvgIpc) is 2.97. The lowest BCUT2D eigenvalue weighted by Gasteiger charge is -2.09. The van der Waals surface area contributed by atoms with Gasteiger partial charge in [-0.1, -0.05) is 86.6 Å². The van der Waals surface area contributed by atoms with Gasteiger partial charge in [-0.05, 0) is 146 Å². The van der Waals surface area contributed by atoms with Crippen LogP contribution in [-0.4, -0.2) is 0 Å². The minimum atomic E-state index is 0.899. The van der Waals surface area contributed by atoms with Crippen LogP contribution in [0.15, 0.2) is 97.1 Å². The van der Waals surface area contributed by atoms with Crippen molar-refractivity contribution in [2.24, 2.45) is 0 Å². The van der Waals surface area contributed by atoms with Gasteiger partial charge in [-0.2, -0.15) is 0 Å². The molecule has 5 aromatic carbocycles. The average molecular weight is 543 g/mol. The zero-order valence-electron chi connectivity index (χ0n) is 26.6. The zero-order chi connectivity index (χ0) is 30.1. The first kappa shape index (κ1) is 31.4. The Labute approximate surface area is 248 Å². The van der Waals surface area contributed by atoms with Crippen LogP contribution in [0.4, 0.5) is 0 Å². The van der Waals surface area contributed by atoms with Gasteiger partial charge in [0.15, 0.2) is 0 Å². The lowest BCUT2D eigenvalue weighted by molar-refractivity contribution is 0.481. The summed E-state index contributed by atoms with van der Waals surface area (Å²) < 4.78 is 5.85. The highest BCUT2D eigenvalue weighted by Gasteiger charge is 2.04. The largest absolute Gasteiger partial charge is 0.457 e. The molecule has 0 atom stereocenters. The van der Waals surface area contributed by atoms with E-state index in [1.54, 1.807) is 0 Å². The van der Waals surface area contributed by atoms with Crippen molar-refractivity contribution in [2.75, 3.05) is 0 Å². The SMILES string of the molecule is CC.Cc1ccc(-c2ccc(-c3ccc(C)c(C)c3)cc2)cc1C.Cc1ccc(Oc2ccc(C)c(C)c2)cc1C. The maximum absolute atomic E-state index is 5.85. The Morgan fingerprint density at radius 2 is 0.561 bits per heavy atom. The van der Waals surface area contributed by atoms with E-state index in [0.29, 0.717) is 0 Å². The van der Waals surface area contributed by atoms with Gasteiger partial charge in [-0.25, -0.2) is 0 Å². The molecule has 0 unspecified atom stereocenters. The molecule has 0 aliphatic rings. The Morgan fingerprint density at radius 1 is 0.293 bits per heavy atom. The third-order valence-electron chi connectivity index (χ3n) is 7.76. The van der Waals surface area contributed by atoms with Crippen LogP contribution in [0.1, 0.15) is 58.4 Å². The number of ether oxygens (including phenoxy) is 1. The van der Waals surface area contributed by atoms with Gasteiger partial charge in [0.05, 0.1) is 0 Å². The van der Waals surface area contributed by atoms with Crippen LogP contribution < -0.4 is 4.74 Å². The first-order valence-electron chi connectivity index (χ1n) is 14.7. The van der Waals surface area contributed by atoms with Crippen molar-refractivity contribution in [3.63, 3.8) is 0 Å². The van der Waals surface area contributed by atoms with E-state index in [1.807, 2.05) is 26.0 Å². The molecular formula is C40H46O. The van der Waals surface area contributed by atoms with Gasteiger partial charge in [-0.15, -0.1) is 0 Å². The van der Waals surface area contributed by atoms with Crippen molar-refractivity contribution in [2.45, 2.75) is 69.2 Å². The normalized spacial score (nSPS) is 10.2. The highest BCUT2D eigenvalue weighted by atomic mass is 16.5. The topological polar surface area (TPSA) is 9.23 Å². The summed E-state index contributed by atoms with van der Waals surface area (Å²) in [6.07, 6.45) is 0. The molecule has 0 aliphatic heterocycles. The summed E-state index contributed by atoms with van der Waals surface area (Å²) in [7, 11) is 0. The van der Waals surface area contributed by atoms with Crippen LogP contribution in [0.3, 0.4) is 0 Å². The number of rotatable bonds is 4. The van der Waals surface area contributed by atoms with Gasteiger partial charge in [0.1, 0.15) is 11.5 Å². The monoisotopic (exact) mass is 542 g/mol. The molecule has 0 heterocycles. The molecular weight excluding hydrogens is 496 g/mol. The highest BCUT2D eigenvalue weighted by molar-refractivity contribution is 5.71. The van der Waals surface area contributed by atoms with E-state index in [-0.39, 0.29) is 0 Å². The van der Waals surface area contributed by atoms with Gasteiger partial charge in [0.2, 0.25) is 0 Å². The molecule has 0 radical (unpaired) electrons. The molecule has 5 aromatic rings. The number of aryl methyl sites for hydroxylation is 8. The van der Waals surface area contributed by atoms with E-state index >= 15 is 0 Å². The van der Waals surface area contributed by atoms with Gasteiger partial charge in [-0.3, -0.25) is 0 Å². The van der Waals surface area contributed by atoms with E-state index in [9.17, 15) is 0 Å². The van der Waals surface area contributed by atoms with Crippen molar-refractivity contribution in [3.05, 3.63) is 142 Å². The predicted molar refractivity (Wildman–Crippen MR) is 180 cm³/mol. The van der Waals surface area contributed by atoms with Crippen molar-refractivity contribution in [1.29, 1.82) is 0 Å². The molecule has 0 aliphatic carbocycles. The zero-order valence-corrected chi connectivity index (χ0v) is 26.6. The first-order chi connectivity index (χ1) is 19.6. The van der Waals surface area contributed by atoms with E-state index in [2.05, 4.69) is 140 Å². The highest BCUT2D eigenvalue weighted by Crippen LogP contribution is 2.28. The minimum Gasteiger partial charge on any atom is -0.457 e. The molecule has 41 heavy (non-hydrogen) atoms. The Bertz CT molecular complexity index is 1470. The molecule has 1 heteroatoms. The second-order valence-corrected chi connectivity index (χ2v) is 10.8. The maximum atomic E-state index is 5.85. The fraction of sp³-hybridized carbons (Fsp3) is 0.250. The molecule has 0 N–H and O–H groups in total. The third-order valence-corrected chi connectivity index (χ3v) is 7.76. The second-order valence-electron chi connectivity index (χ2n) is 10.8. The van der Waals surface area contributed by atoms with Crippen LogP contribution in [0.25, 0.3) is 22.3 Å². The molecule has 5 rings (SSSR count). The van der Waals surface area contributed by atoms with Crippen molar-refractivity contribution in [1.82, 2.24) is 0 Å². The molecule has 0 saturated carbocycles. The summed E-state index contributed by atoms with van der Waals surface area (Å²) in [6.45, 7) is 21.1. The standard InChI is InChI=1S/C22H22.C16H18O.C2H6/c1-15-5-7-21(13-17(15)3)19-9-11-20(12-10-19)22-8-6-16(2)18(4)14-22;1-11-5-7-15(9-13(11)3)17-16-8-6-12(2)14(4)10-16;1-2/h5-14H,1-4H3;5-10H,1-4H3;1-2H3. The molecule has 0 bridgehead atoms. The summed E-state index contributed by atoms with van der Waals surface area (Å²) in [5.74, 6) is 1.80. The number of hydrogen-bond acceptors (Lipinski definition) is 1. The minimum absolute atomic E-state index is 0.899. The lowest BCUT2D eigenvalue weighted by Crippen LogP contribution is -1.88. The van der Waals surface area contributed by atoms with Crippen LogP contribution >= 0.6 is 0 Å². The fourth-order valence-electron chi connectivity index (χ4n) is 4.39. The smallest absolute Gasteiger partial charge is 0.127 e. The molecule has 0 aromatic heterocycles. The second kappa shape index (κ2) is 14.5. The van der Waals surface area contributed by atoms with Gasteiger partial charge < -0.3 is 4.74 Å². The Kier molecular flexibility index (Phi) is 11.1. The van der Waals surface area contributed by atoms with Gasteiger partial charge >= 0.3 is 0 Å². The van der Waals surface area contributed by atoms with Crippen LogP contribution in [0, 0.1) is 55.4 Å². The maximum Gasteiger partial charge on any atom is 0.127 e. The Balaban J connectivity index is 0.000000219. The molecule has 0 fully saturated rings. The van der Waals surface area contributed by atoms with E-state index in [1.165, 1.54) is 66.8 Å². The first-order valence-corrected chi connectivity index (χ1v) is 14.7. The van der Waals surface area contributed by atoms with E-state index < -0.39 is 0 Å². The third kappa shape index (κ3) is 8.44. The molecule has 0 saturated heterocycles. The van der Waals surface area contributed by atoms with E-state index in [0.717, 1.165) is 11.5 Å². The van der Waals surface area contributed by atoms with Crippen LogP contribution in [0.2, 0.25) is 0 Å². The van der Waals surface area contributed by atoms with Gasteiger partial charge in [0, 0.05) is 0 Å². The Morgan fingerprint density at radius 3 is 0.854 bits per heavy atom. The molecule has 1 nitrogen and oxygen atoms in total. The van der Waals surface area contributed by atoms with E-state index in [4.69, 9.17) is 4.74 Å². The molecule has 212 valence electrons. The van der Waals surface area contributed by atoms with Gasteiger partial charge in [0.25, 0.3) is 0 Å². The summed E-state index contributed by atoms with van der Waals surface area (Å²) in [5.41, 5.74) is 15.6. The Hall–Kier alpha value is -4.10.